The van der Waals surface area contributed by atoms with Crippen molar-refractivity contribution in [2.75, 3.05) is 13.2 Å². The molecule has 1 fully saturated rings. The summed E-state index contributed by atoms with van der Waals surface area (Å²) in [6.07, 6.45) is -3.46. The Kier molecular flexibility index (Phi) is 7.60. The molecule has 1 aliphatic rings. The minimum absolute atomic E-state index is 0.171. The molecule has 29 heavy (non-hydrogen) atoms. The van der Waals surface area contributed by atoms with Gasteiger partial charge in [-0.25, -0.2) is 4.79 Å². The summed E-state index contributed by atoms with van der Waals surface area (Å²) in [5, 5.41) is 20.0. The molecular formula is C22H26O7. The van der Waals surface area contributed by atoms with Gasteiger partial charge in [-0.1, -0.05) is 30.3 Å². The molecule has 0 unspecified atom stereocenters. The van der Waals surface area contributed by atoms with Gasteiger partial charge in [0.25, 0.3) is 0 Å². The lowest BCUT2D eigenvalue weighted by molar-refractivity contribution is -0.255. The second-order valence-corrected chi connectivity index (χ2v) is 6.75. The van der Waals surface area contributed by atoms with E-state index < -0.39 is 30.6 Å². The molecule has 0 amide bonds. The van der Waals surface area contributed by atoms with Crippen LogP contribution >= 0.6 is 0 Å². The van der Waals surface area contributed by atoms with E-state index in [0.29, 0.717) is 24.5 Å². The summed E-state index contributed by atoms with van der Waals surface area (Å²) in [4.78, 5) is 12.3. The molecule has 1 aliphatic heterocycles. The predicted octanol–water partition coefficient (Wildman–Crippen LogP) is 2.30. The fraction of sp³-hybridized carbons (Fsp3) is 0.409. The van der Waals surface area contributed by atoms with Crippen LogP contribution in [-0.4, -0.2) is 54.0 Å². The Labute approximate surface area is 169 Å². The van der Waals surface area contributed by atoms with Gasteiger partial charge in [0.2, 0.25) is 0 Å². The van der Waals surface area contributed by atoms with E-state index in [4.69, 9.17) is 18.9 Å². The summed E-state index contributed by atoms with van der Waals surface area (Å²) in [5.74, 6) is 0.0857. The van der Waals surface area contributed by atoms with Gasteiger partial charge < -0.3 is 29.2 Å². The van der Waals surface area contributed by atoms with Gasteiger partial charge in [0, 0.05) is 13.0 Å². The van der Waals surface area contributed by atoms with Crippen molar-refractivity contribution in [2.24, 2.45) is 0 Å². The first kappa shape index (κ1) is 21.3. The normalized spacial score (nSPS) is 24.1. The molecule has 1 heterocycles. The summed E-state index contributed by atoms with van der Waals surface area (Å²) < 4.78 is 21.8. The first-order valence-electron chi connectivity index (χ1n) is 9.64. The van der Waals surface area contributed by atoms with Crippen molar-refractivity contribution in [3.05, 3.63) is 65.7 Å². The molecule has 0 saturated carbocycles. The van der Waals surface area contributed by atoms with Crippen LogP contribution in [0, 0.1) is 0 Å². The van der Waals surface area contributed by atoms with Gasteiger partial charge in [-0.05, 0) is 36.8 Å². The minimum atomic E-state index is -1.15. The number of benzene rings is 2. The van der Waals surface area contributed by atoms with Crippen molar-refractivity contribution < 1.29 is 34.0 Å². The zero-order chi connectivity index (χ0) is 20.6. The number of carbonyl (C=O) groups excluding carboxylic acids is 1. The Bertz CT molecular complexity index is 762. The molecule has 7 nitrogen and oxygen atoms in total. The number of ether oxygens (including phenoxy) is 4. The van der Waals surface area contributed by atoms with Gasteiger partial charge in [-0.3, -0.25) is 0 Å². The Hall–Kier alpha value is -2.45. The van der Waals surface area contributed by atoms with E-state index in [1.165, 1.54) is 0 Å². The van der Waals surface area contributed by atoms with Crippen LogP contribution in [0.25, 0.3) is 0 Å². The van der Waals surface area contributed by atoms with E-state index in [-0.39, 0.29) is 13.0 Å². The number of hydrogen-bond acceptors (Lipinski definition) is 7. The van der Waals surface area contributed by atoms with Crippen LogP contribution in [0.4, 0.5) is 0 Å². The summed E-state index contributed by atoms with van der Waals surface area (Å²) in [5.41, 5.74) is 1.40. The fourth-order valence-corrected chi connectivity index (χ4v) is 3.02. The molecule has 7 heteroatoms. The van der Waals surface area contributed by atoms with Gasteiger partial charge >= 0.3 is 5.97 Å². The van der Waals surface area contributed by atoms with Gasteiger partial charge in [0.1, 0.15) is 31.2 Å². The molecule has 156 valence electrons. The average Bonchev–Trinajstić information content (AvgIpc) is 2.75. The molecule has 2 aromatic rings. The van der Waals surface area contributed by atoms with Crippen molar-refractivity contribution in [1.29, 1.82) is 0 Å². The molecule has 0 spiro atoms. The molecule has 1 saturated heterocycles. The highest BCUT2D eigenvalue weighted by Crippen LogP contribution is 2.22. The number of esters is 1. The molecule has 0 aromatic heterocycles. The van der Waals surface area contributed by atoms with E-state index in [1.54, 1.807) is 24.3 Å². The van der Waals surface area contributed by atoms with Crippen LogP contribution in [0.5, 0.6) is 5.75 Å². The zero-order valence-electron chi connectivity index (χ0n) is 16.3. The third-order valence-electron chi connectivity index (χ3n) is 4.61. The molecule has 2 aromatic carbocycles. The van der Waals surface area contributed by atoms with Crippen LogP contribution < -0.4 is 4.74 Å². The van der Waals surface area contributed by atoms with E-state index in [9.17, 15) is 15.0 Å². The van der Waals surface area contributed by atoms with E-state index >= 15 is 0 Å². The van der Waals surface area contributed by atoms with Gasteiger partial charge in [-0.2, -0.15) is 0 Å². The first-order valence-corrected chi connectivity index (χ1v) is 9.64. The number of aliphatic hydroxyl groups is 2. The van der Waals surface area contributed by atoms with Crippen molar-refractivity contribution in [3.8, 4) is 5.75 Å². The Balaban J connectivity index is 1.50. The van der Waals surface area contributed by atoms with Crippen LogP contribution in [0.3, 0.4) is 0 Å². The molecule has 0 aliphatic carbocycles. The first-order chi connectivity index (χ1) is 14.1. The highest BCUT2D eigenvalue weighted by atomic mass is 16.7. The lowest BCUT2D eigenvalue weighted by Crippen LogP contribution is -2.51. The number of aliphatic hydroxyl groups excluding tert-OH is 2. The smallest absolute Gasteiger partial charge is 0.338 e. The van der Waals surface area contributed by atoms with E-state index in [0.717, 1.165) is 5.56 Å². The van der Waals surface area contributed by atoms with Crippen LogP contribution in [0.1, 0.15) is 29.3 Å². The maximum Gasteiger partial charge on any atom is 0.338 e. The highest BCUT2D eigenvalue weighted by molar-refractivity contribution is 5.89. The monoisotopic (exact) mass is 402 g/mol. The van der Waals surface area contributed by atoms with Crippen molar-refractivity contribution in [1.82, 2.24) is 0 Å². The average molecular weight is 402 g/mol. The zero-order valence-corrected chi connectivity index (χ0v) is 16.3. The molecule has 3 rings (SSSR count). The van der Waals surface area contributed by atoms with Crippen LogP contribution in [-0.2, 0) is 20.8 Å². The van der Waals surface area contributed by atoms with Crippen molar-refractivity contribution in [3.63, 3.8) is 0 Å². The summed E-state index contributed by atoms with van der Waals surface area (Å²) >= 11 is 0. The van der Waals surface area contributed by atoms with Crippen molar-refractivity contribution >= 4 is 5.97 Å². The molecule has 0 bridgehead atoms. The Morgan fingerprint density at radius 1 is 1.10 bits per heavy atom. The van der Waals surface area contributed by atoms with E-state index in [2.05, 4.69) is 0 Å². The largest absolute Gasteiger partial charge is 0.489 e. The summed E-state index contributed by atoms with van der Waals surface area (Å²) in [7, 11) is 0. The number of carbonyl (C=O) groups is 1. The van der Waals surface area contributed by atoms with Crippen LogP contribution in [0.2, 0.25) is 0 Å². The summed E-state index contributed by atoms with van der Waals surface area (Å²) in [6.45, 7) is 2.47. The highest BCUT2D eigenvalue weighted by Gasteiger charge is 2.37. The maximum absolute atomic E-state index is 12.3. The lowest BCUT2D eigenvalue weighted by atomic mass is 10.0. The third-order valence-corrected chi connectivity index (χ3v) is 4.61. The standard InChI is InChI=1S/C22H26O7/c1-2-26-20-12-18(23)21(24)19(29-20)14-28-22(25)16-8-10-17(11-9-16)27-13-15-6-4-3-5-7-15/h3-11,18-21,23-24H,2,12-14H2,1H3/t18-,19-,20-,21+/m1/s1. The SMILES string of the molecule is CCO[C@H]1C[C@@H](O)[C@H](O)[C@@H](COC(=O)c2ccc(OCc3ccccc3)cc2)O1. The van der Waals surface area contributed by atoms with Crippen LogP contribution in [0.15, 0.2) is 54.6 Å². The lowest BCUT2D eigenvalue weighted by Gasteiger charge is -2.36. The minimum Gasteiger partial charge on any atom is -0.489 e. The Morgan fingerprint density at radius 3 is 2.52 bits per heavy atom. The van der Waals surface area contributed by atoms with Gasteiger partial charge in [0.05, 0.1) is 11.7 Å². The topological polar surface area (TPSA) is 94.5 Å². The Morgan fingerprint density at radius 2 is 1.83 bits per heavy atom. The van der Waals surface area contributed by atoms with Crippen molar-refractivity contribution in [2.45, 2.75) is 44.6 Å². The molecule has 4 atom stereocenters. The molecule has 2 N–H and O–H groups in total. The fourth-order valence-electron chi connectivity index (χ4n) is 3.02. The van der Waals surface area contributed by atoms with E-state index in [1.807, 2.05) is 37.3 Å². The quantitative estimate of drug-likeness (QED) is 0.654. The van der Waals surface area contributed by atoms with Gasteiger partial charge in [0.15, 0.2) is 6.29 Å². The summed E-state index contributed by atoms with van der Waals surface area (Å²) in [6, 6.07) is 16.4. The second-order valence-electron chi connectivity index (χ2n) is 6.75. The number of hydrogen-bond donors (Lipinski definition) is 2. The third kappa shape index (κ3) is 6.01. The predicted molar refractivity (Wildman–Crippen MR) is 104 cm³/mol. The molecule has 0 radical (unpaired) electrons. The second kappa shape index (κ2) is 10.4. The van der Waals surface area contributed by atoms with Gasteiger partial charge in [-0.15, -0.1) is 0 Å². The maximum atomic E-state index is 12.3. The number of rotatable bonds is 8. The molecular weight excluding hydrogens is 376 g/mol.